The number of hydrogen-bond acceptors (Lipinski definition) is 2. The maximum atomic E-state index is 4.59. The van der Waals surface area contributed by atoms with Gasteiger partial charge in [-0.15, -0.1) is 0 Å². The van der Waals surface area contributed by atoms with Crippen LogP contribution in [0.2, 0.25) is 0 Å². The highest BCUT2D eigenvalue weighted by atomic mass is 15.1. The van der Waals surface area contributed by atoms with Crippen LogP contribution in [0.1, 0.15) is 49.7 Å². The van der Waals surface area contributed by atoms with Gasteiger partial charge in [0.15, 0.2) is 0 Å². The minimum atomic E-state index is 0.659. The van der Waals surface area contributed by atoms with E-state index in [0.717, 1.165) is 6.54 Å². The Hall–Kier alpha value is -0.830. The molecule has 0 radical (unpaired) electrons. The van der Waals surface area contributed by atoms with Crippen LogP contribution in [0.15, 0.2) is 6.20 Å². The van der Waals surface area contributed by atoms with Crippen LogP contribution in [0.3, 0.4) is 0 Å². The topological polar surface area (TPSA) is 29.9 Å². The Morgan fingerprint density at radius 2 is 2.40 bits per heavy atom. The summed E-state index contributed by atoms with van der Waals surface area (Å²) >= 11 is 0. The number of hydrogen-bond donors (Lipinski definition) is 1. The lowest BCUT2D eigenvalue weighted by atomic mass is 10.0. The maximum Gasteiger partial charge on any atom is 0.109 e. The molecule has 0 saturated carbocycles. The van der Waals surface area contributed by atoms with E-state index in [4.69, 9.17) is 0 Å². The second-order valence-corrected chi connectivity index (χ2v) is 4.90. The Morgan fingerprint density at radius 1 is 1.47 bits per heavy atom. The van der Waals surface area contributed by atoms with E-state index in [1.54, 1.807) is 0 Å². The van der Waals surface area contributed by atoms with Crippen LogP contribution in [0.4, 0.5) is 0 Å². The van der Waals surface area contributed by atoms with Crippen LogP contribution in [0, 0.1) is 0 Å². The Kier molecular flexibility index (Phi) is 2.28. The van der Waals surface area contributed by atoms with E-state index in [1.807, 2.05) is 0 Å². The maximum absolute atomic E-state index is 4.59. The molecule has 3 heteroatoms. The molecule has 15 heavy (non-hydrogen) atoms. The molecule has 2 atom stereocenters. The predicted molar refractivity (Wildman–Crippen MR) is 60.1 cm³/mol. The monoisotopic (exact) mass is 205 g/mol. The first kappa shape index (κ1) is 9.40. The average molecular weight is 205 g/mol. The van der Waals surface area contributed by atoms with Gasteiger partial charge in [-0.3, -0.25) is 0 Å². The molecule has 3 rings (SSSR count). The molecule has 0 spiro atoms. The van der Waals surface area contributed by atoms with E-state index >= 15 is 0 Å². The molecule has 0 aliphatic carbocycles. The highest BCUT2D eigenvalue weighted by Gasteiger charge is 2.26. The number of fused-ring (bicyclic) bond motifs is 1. The lowest BCUT2D eigenvalue weighted by molar-refractivity contribution is 0.407. The molecule has 1 saturated heterocycles. The van der Waals surface area contributed by atoms with Crippen LogP contribution in [-0.2, 0) is 6.42 Å². The van der Waals surface area contributed by atoms with Gasteiger partial charge in [-0.1, -0.05) is 0 Å². The summed E-state index contributed by atoms with van der Waals surface area (Å²) in [4.78, 5) is 4.59. The normalized spacial score (nSPS) is 30.5. The lowest BCUT2D eigenvalue weighted by Crippen LogP contribution is -2.20. The first-order valence-electron chi connectivity index (χ1n) is 6.13. The van der Waals surface area contributed by atoms with E-state index in [-0.39, 0.29) is 0 Å². The zero-order valence-corrected chi connectivity index (χ0v) is 9.37. The standard InChI is InChI=1S/C12H19N3/c1-9-3-2-4-12-14-8-11(15(9)12)10-5-6-13-7-10/h8-10,13H,2-7H2,1H3. The van der Waals surface area contributed by atoms with Crippen LogP contribution in [0.25, 0.3) is 0 Å². The summed E-state index contributed by atoms with van der Waals surface area (Å²) in [6.07, 6.45) is 7.19. The predicted octanol–water partition coefficient (Wildman–Crippen LogP) is 1.86. The zero-order chi connectivity index (χ0) is 10.3. The van der Waals surface area contributed by atoms with Gasteiger partial charge in [0.25, 0.3) is 0 Å². The SMILES string of the molecule is CC1CCCc2ncc(C3CCNC3)n21. The number of nitrogens with zero attached hydrogens (tertiary/aromatic N) is 2. The summed E-state index contributed by atoms with van der Waals surface area (Å²) in [6, 6.07) is 0.659. The van der Waals surface area contributed by atoms with Gasteiger partial charge in [0.2, 0.25) is 0 Å². The van der Waals surface area contributed by atoms with Crippen molar-refractivity contribution < 1.29 is 0 Å². The minimum absolute atomic E-state index is 0.659. The summed E-state index contributed by atoms with van der Waals surface area (Å²) in [5.74, 6) is 2.02. The van der Waals surface area contributed by atoms with Gasteiger partial charge in [0.1, 0.15) is 5.82 Å². The smallest absolute Gasteiger partial charge is 0.109 e. The first-order valence-corrected chi connectivity index (χ1v) is 6.13. The van der Waals surface area contributed by atoms with Crippen LogP contribution < -0.4 is 5.32 Å². The fourth-order valence-corrected chi connectivity index (χ4v) is 3.00. The molecule has 1 aromatic heterocycles. The minimum Gasteiger partial charge on any atom is -0.329 e. The number of imidazole rings is 1. The Labute approximate surface area is 90.9 Å². The lowest BCUT2D eigenvalue weighted by Gasteiger charge is -2.25. The highest BCUT2D eigenvalue weighted by molar-refractivity contribution is 5.16. The molecule has 2 aliphatic heterocycles. The summed E-state index contributed by atoms with van der Waals surface area (Å²) in [5.41, 5.74) is 1.47. The third kappa shape index (κ3) is 1.49. The summed E-state index contributed by atoms with van der Waals surface area (Å²) in [5, 5.41) is 3.44. The quantitative estimate of drug-likeness (QED) is 0.758. The molecule has 2 aliphatic rings. The molecule has 82 valence electrons. The fraction of sp³-hybridized carbons (Fsp3) is 0.750. The summed E-state index contributed by atoms with van der Waals surface area (Å²) < 4.78 is 2.50. The summed E-state index contributed by atoms with van der Waals surface area (Å²) in [7, 11) is 0. The summed E-state index contributed by atoms with van der Waals surface area (Å²) in [6.45, 7) is 4.63. The molecule has 1 N–H and O–H groups in total. The van der Waals surface area contributed by atoms with Crippen LogP contribution in [-0.4, -0.2) is 22.6 Å². The van der Waals surface area contributed by atoms with Crippen molar-refractivity contribution in [3.8, 4) is 0 Å². The molecule has 2 unspecified atom stereocenters. The van der Waals surface area contributed by atoms with E-state index in [9.17, 15) is 0 Å². The van der Waals surface area contributed by atoms with Crippen molar-refractivity contribution >= 4 is 0 Å². The number of aryl methyl sites for hydroxylation is 1. The third-order valence-corrected chi connectivity index (χ3v) is 3.84. The number of rotatable bonds is 1. The van der Waals surface area contributed by atoms with E-state index in [0.29, 0.717) is 12.0 Å². The largest absolute Gasteiger partial charge is 0.329 e. The Bertz CT molecular complexity index is 350. The molecule has 1 aromatic rings. The van der Waals surface area contributed by atoms with Gasteiger partial charge < -0.3 is 9.88 Å². The van der Waals surface area contributed by atoms with Gasteiger partial charge in [0, 0.05) is 36.8 Å². The van der Waals surface area contributed by atoms with E-state index < -0.39 is 0 Å². The molecule has 0 amide bonds. The fourth-order valence-electron chi connectivity index (χ4n) is 3.00. The molecule has 1 fully saturated rings. The number of nitrogens with one attached hydrogen (secondary N) is 1. The molecular formula is C12H19N3. The first-order chi connectivity index (χ1) is 7.36. The zero-order valence-electron chi connectivity index (χ0n) is 9.37. The Balaban J connectivity index is 1.97. The van der Waals surface area contributed by atoms with Crippen molar-refractivity contribution in [3.63, 3.8) is 0 Å². The van der Waals surface area contributed by atoms with Gasteiger partial charge in [-0.25, -0.2) is 4.98 Å². The second-order valence-electron chi connectivity index (χ2n) is 4.90. The van der Waals surface area contributed by atoms with Gasteiger partial charge in [-0.05, 0) is 32.7 Å². The average Bonchev–Trinajstić information content (AvgIpc) is 2.85. The third-order valence-electron chi connectivity index (χ3n) is 3.84. The van der Waals surface area contributed by atoms with Crippen molar-refractivity contribution in [2.45, 2.75) is 44.6 Å². The molecule has 3 nitrogen and oxygen atoms in total. The Morgan fingerprint density at radius 3 is 3.20 bits per heavy atom. The molecule has 3 heterocycles. The highest BCUT2D eigenvalue weighted by Crippen LogP contribution is 2.31. The van der Waals surface area contributed by atoms with E-state index in [2.05, 4.69) is 28.0 Å². The van der Waals surface area contributed by atoms with Crippen molar-refractivity contribution in [3.05, 3.63) is 17.7 Å². The molecule has 0 bridgehead atoms. The molecular weight excluding hydrogens is 186 g/mol. The van der Waals surface area contributed by atoms with Gasteiger partial charge >= 0.3 is 0 Å². The van der Waals surface area contributed by atoms with Crippen molar-refractivity contribution in [2.24, 2.45) is 0 Å². The van der Waals surface area contributed by atoms with Crippen molar-refractivity contribution in [2.75, 3.05) is 13.1 Å². The van der Waals surface area contributed by atoms with Gasteiger partial charge in [0.05, 0.1) is 0 Å². The number of aromatic nitrogens is 2. The van der Waals surface area contributed by atoms with E-state index in [1.165, 1.54) is 43.7 Å². The molecule has 0 aromatic carbocycles. The van der Waals surface area contributed by atoms with Crippen molar-refractivity contribution in [1.29, 1.82) is 0 Å². The van der Waals surface area contributed by atoms with Crippen LogP contribution in [0.5, 0.6) is 0 Å². The van der Waals surface area contributed by atoms with Crippen molar-refractivity contribution in [1.82, 2.24) is 14.9 Å². The van der Waals surface area contributed by atoms with Gasteiger partial charge in [-0.2, -0.15) is 0 Å². The second kappa shape index (κ2) is 3.63. The van der Waals surface area contributed by atoms with Crippen LogP contribution >= 0.6 is 0 Å².